The Morgan fingerprint density at radius 3 is 2.80 bits per heavy atom. The van der Waals surface area contributed by atoms with Crippen LogP contribution in [-0.2, 0) is 4.74 Å². The van der Waals surface area contributed by atoms with Crippen LogP contribution in [0.15, 0.2) is 0 Å². The number of nitrogens with two attached hydrogens (primary N) is 1. The van der Waals surface area contributed by atoms with Crippen LogP contribution in [0.4, 0.5) is 10.8 Å². The molecule has 86 valence electrons. The number of nitrogen functional groups attached to an aromatic ring is 1. The van der Waals surface area contributed by atoms with Gasteiger partial charge in [0.2, 0.25) is 0 Å². The van der Waals surface area contributed by atoms with Crippen LogP contribution in [0.3, 0.4) is 0 Å². The van der Waals surface area contributed by atoms with Gasteiger partial charge in [-0.05, 0) is 18.0 Å². The second kappa shape index (κ2) is 5.77. The van der Waals surface area contributed by atoms with E-state index in [9.17, 15) is 0 Å². The molecular weight excluding hydrogens is 214 g/mol. The Hall–Kier alpha value is -1.01. The summed E-state index contributed by atoms with van der Waals surface area (Å²) < 4.78 is 14.3. The normalized spacial score (nSPS) is 12.5. The second-order valence-corrected chi connectivity index (χ2v) is 3.91. The third kappa shape index (κ3) is 2.97. The Morgan fingerprint density at radius 1 is 1.53 bits per heavy atom. The van der Waals surface area contributed by atoms with E-state index in [2.05, 4.69) is 16.6 Å². The van der Waals surface area contributed by atoms with E-state index < -0.39 is 0 Å². The van der Waals surface area contributed by atoms with Crippen molar-refractivity contribution >= 4 is 22.4 Å². The van der Waals surface area contributed by atoms with Crippen molar-refractivity contribution in [2.45, 2.75) is 19.4 Å². The van der Waals surface area contributed by atoms with Crippen molar-refractivity contribution in [3.63, 3.8) is 0 Å². The molecule has 1 unspecified atom stereocenters. The van der Waals surface area contributed by atoms with Gasteiger partial charge in [-0.25, -0.2) is 0 Å². The fraction of sp³-hybridized carbons (Fsp3) is 0.667. The molecule has 0 saturated heterocycles. The van der Waals surface area contributed by atoms with Crippen molar-refractivity contribution < 1.29 is 9.47 Å². The van der Waals surface area contributed by atoms with Crippen LogP contribution in [0.2, 0.25) is 0 Å². The van der Waals surface area contributed by atoms with Crippen LogP contribution < -0.4 is 15.8 Å². The molecule has 1 heterocycles. The number of nitrogens with zero attached hydrogens (tertiary/aromatic N) is 1. The molecule has 0 spiro atoms. The van der Waals surface area contributed by atoms with E-state index in [-0.39, 0.29) is 6.04 Å². The monoisotopic (exact) mass is 231 g/mol. The number of ether oxygens (including phenoxy) is 2. The maximum absolute atomic E-state index is 5.65. The Balaban J connectivity index is 2.69. The molecule has 0 amide bonds. The first-order valence-electron chi connectivity index (χ1n) is 4.77. The van der Waals surface area contributed by atoms with Gasteiger partial charge in [0.25, 0.3) is 0 Å². The molecule has 1 atom stereocenters. The highest BCUT2D eigenvalue weighted by Gasteiger charge is 2.15. The van der Waals surface area contributed by atoms with E-state index in [0.717, 1.165) is 11.4 Å². The van der Waals surface area contributed by atoms with Crippen molar-refractivity contribution in [3.05, 3.63) is 0 Å². The smallest absolute Gasteiger partial charge is 0.197 e. The average Bonchev–Trinajstić information content (AvgIpc) is 2.58. The minimum absolute atomic E-state index is 0.253. The summed E-state index contributed by atoms with van der Waals surface area (Å²) in [5, 5.41) is 4.16. The standard InChI is InChI=1S/C9H17N3O2S/c1-4-6(5-13-2)11-9-7(14-3)8(10)12-15-9/h6,11H,4-5H2,1-3H3,(H2,10,12). The van der Waals surface area contributed by atoms with E-state index in [1.165, 1.54) is 11.5 Å². The summed E-state index contributed by atoms with van der Waals surface area (Å²) in [6.07, 6.45) is 0.967. The number of hydrogen-bond acceptors (Lipinski definition) is 6. The third-order valence-electron chi connectivity index (χ3n) is 2.07. The van der Waals surface area contributed by atoms with E-state index in [1.807, 2.05) is 0 Å². The van der Waals surface area contributed by atoms with Gasteiger partial charge in [0.05, 0.1) is 19.8 Å². The van der Waals surface area contributed by atoms with Gasteiger partial charge in [-0.3, -0.25) is 0 Å². The number of hydrogen-bond donors (Lipinski definition) is 2. The van der Waals surface area contributed by atoms with Crippen LogP contribution >= 0.6 is 11.5 Å². The largest absolute Gasteiger partial charge is 0.490 e. The zero-order valence-electron chi connectivity index (χ0n) is 9.24. The summed E-state index contributed by atoms with van der Waals surface area (Å²) >= 11 is 1.30. The molecule has 0 fully saturated rings. The second-order valence-electron chi connectivity index (χ2n) is 3.14. The minimum atomic E-state index is 0.253. The highest BCUT2D eigenvalue weighted by Crippen LogP contribution is 2.35. The van der Waals surface area contributed by atoms with Gasteiger partial charge < -0.3 is 20.5 Å². The summed E-state index contributed by atoms with van der Waals surface area (Å²) in [5.74, 6) is 1.05. The summed E-state index contributed by atoms with van der Waals surface area (Å²) in [5.41, 5.74) is 5.65. The molecule has 15 heavy (non-hydrogen) atoms. The Kier molecular flexibility index (Phi) is 4.64. The molecule has 3 N–H and O–H groups in total. The molecule has 0 aromatic carbocycles. The van der Waals surface area contributed by atoms with E-state index >= 15 is 0 Å². The first-order chi connectivity index (χ1) is 7.22. The molecule has 1 rings (SSSR count). The molecule has 0 bridgehead atoms. The number of aromatic nitrogens is 1. The van der Waals surface area contributed by atoms with Crippen molar-refractivity contribution in [1.29, 1.82) is 0 Å². The van der Waals surface area contributed by atoms with Gasteiger partial charge in [0, 0.05) is 7.11 Å². The Morgan fingerprint density at radius 2 is 2.27 bits per heavy atom. The topological polar surface area (TPSA) is 69.4 Å². The van der Waals surface area contributed by atoms with Crippen molar-refractivity contribution in [3.8, 4) is 5.75 Å². The fourth-order valence-electron chi connectivity index (χ4n) is 1.23. The molecule has 0 aliphatic heterocycles. The van der Waals surface area contributed by atoms with E-state index in [0.29, 0.717) is 18.2 Å². The molecule has 0 aliphatic rings. The van der Waals surface area contributed by atoms with E-state index in [1.54, 1.807) is 14.2 Å². The fourth-order valence-corrected chi connectivity index (χ4v) is 1.99. The number of nitrogens with one attached hydrogen (secondary N) is 1. The van der Waals surface area contributed by atoms with Gasteiger partial charge in [-0.2, -0.15) is 4.37 Å². The quantitative estimate of drug-likeness (QED) is 0.777. The molecule has 0 radical (unpaired) electrons. The van der Waals surface area contributed by atoms with Gasteiger partial charge in [0.15, 0.2) is 16.6 Å². The van der Waals surface area contributed by atoms with Gasteiger partial charge in [-0.1, -0.05) is 6.92 Å². The van der Waals surface area contributed by atoms with Gasteiger partial charge in [0.1, 0.15) is 0 Å². The Bertz CT molecular complexity index is 304. The predicted octanol–water partition coefficient (Wildman–Crippen LogP) is 1.57. The van der Waals surface area contributed by atoms with Crippen molar-refractivity contribution in [1.82, 2.24) is 4.37 Å². The minimum Gasteiger partial charge on any atom is -0.490 e. The molecular formula is C9H17N3O2S. The summed E-state index contributed by atoms with van der Waals surface area (Å²) in [4.78, 5) is 0. The van der Waals surface area contributed by atoms with Crippen molar-refractivity contribution in [2.75, 3.05) is 31.9 Å². The van der Waals surface area contributed by atoms with Crippen LogP contribution in [0.1, 0.15) is 13.3 Å². The number of methoxy groups -OCH3 is 2. The first kappa shape index (κ1) is 12.1. The zero-order chi connectivity index (χ0) is 11.3. The molecule has 0 saturated carbocycles. The number of anilines is 2. The average molecular weight is 231 g/mol. The molecule has 0 aliphatic carbocycles. The van der Waals surface area contributed by atoms with Gasteiger partial charge >= 0.3 is 0 Å². The lowest BCUT2D eigenvalue weighted by molar-refractivity contribution is 0.184. The zero-order valence-corrected chi connectivity index (χ0v) is 10.1. The molecule has 6 heteroatoms. The third-order valence-corrected chi connectivity index (χ3v) is 2.85. The van der Waals surface area contributed by atoms with Gasteiger partial charge in [-0.15, -0.1) is 0 Å². The lowest BCUT2D eigenvalue weighted by Gasteiger charge is -2.16. The molecule has 1 aromatic rings. The van der Waals surface area contributed by atoms with E-state index in [4.69, 9.17) is 15.2 Å². The van der Waals surface area contributed by atoms with Crippen LogP contribution in [0.5, 0.6) is 5.75 Å². The summed E-state index contributed by atoms with van der Waals surface area (Å²) in [6, 6.07) is 0.253. The lowest BCUT2D eigenvalue weighted by atomic mass is 10.2. The summed E-state index contributed by atoms with van der Waals surface area (Å²) in [7, 11) is 3.27. The SMILES string of the molecule is CCC(COC)Nc1snc(N)c1OC. The highest BCUT2D eigenvalue weighted by molar-refractivity contribution is 7.11. The number of rotatable bonds is 6. The summed E-state index contributed by atoms with van der Waals surface area (Å²) in [6.45, 7) is 2.74. The lowest BCUT2D eigenvalue weighted by Crippen LogP contribution is -2.23. The predicted molar refractivity (Wildman–Crippen MR) is 62.7 cm³/mol. The maximum atomic E-state index is 5.65. The molecule has 1 aromatic heterocycles. The Labute approximate surface area is 93.7 Å². The van der Waals surface area contributed by atoms with Crippen LogP contribution in [0.25, 0.3) is 0 Å². The van der Waals surface area contributed by atoms with Crippen LogP contribution in [0, 0.1) is 0 Å². The molecule has 5 nitrogen and oxygen atoms in total. The van der Waals surface area contributed by atoms with Crippen LogP contribution in [-0.4, -0.2) is 31.2 Å². The highest BCUT2D eigenvalue weighted by atomic mass is 32.1. The maximum Gasteiger partial charge on any atom is 0.197 e. The first-order valence-corrected chi connectivity index (χ1v) is 5.54. The van der Waals surface area contributed by atoms with Crippen molar-refractivity contribution in [2.24, 2.45) is 0 Å².